The van der Waals surface area contributed by atoms with E-state index in [0.29, 0.717) is 11.8 Å². The van der Waals surface area contributed by atoms with Crippen molar-refractivity contribution in [2.45, 2.75) is 59.0 Å². The quantitative estimate of drug-likeness (QED) is 0.675. The highest BCUT2D eigenvalue weighted by Crippen LogP contribution is 2.29. The number of rotatable bonds is 6. The van der Waals surface area contributed by atoms with Crippen LogP contribution in [-0.4, -0.2) is 30.0 Å². The molecule has 3 rings (SSSR count). The van der Waals surface area contributed by atoms with Gasteiger partial charge < -0.3 is 9.64 Å². The van der Waals surface area contributed by atoms with Gasteiger partial charge in [0, 0.05) is 13.1 Å². The summed E-state index contributed by atoms with van der Waals surface area (Å²) in [6, 6.07) is 16.9. The number of nitrogens with zero attached hydrogens (tertiary/aromatic N) is 1. The molecule has 0 bridgehead atoms. The lowest BCUT2D eigenvalue weighted by molar-refractivity contribution is -0.139. The van der Waals surface area contributed by atoms with Crippen molar-refractivity contribution in [1.82, 2.24) is 4.90 Å². The van der Waals surface area contributed by atoms with Crippen LogP contribution in [0.25, 0.3) is 0 Å². The number of carbonyl (C=O) groups excluding carboxylic acids is 1. The van der Waals surface area contributed by atoms with Crippen molar-refractivity contribution >= 4 is 5.91 Å². The summed E-state index contributed by atoms with van der Waals surface area (Å²) in [4.78, 5) is 14.9. The summed E-state index contributed by atoms with van der Waals surface area (Å²) < 4.78 is 6.13. The van der Waals surface area contributed by atoms with Crippen LogP contribution in [-0.2, 0) is 11.2 Å². The molecule has 1 amide bonds. The zero-order valence-electron chi connectivity index (χ0n) is 17.7. The van der Waals surface area contributed by atoms with Gasteiger partial charge in [-0.15, -0.1) is 0 Å². The number of hydrogen-bond donors (Lipinski definition) is 0. The third kappa shape index (κ3) is 5.15. The molecule has 1 saturated heterocycles. The minimum absolute atomic E-state index is 0.106. The normalized spacial score (nSPS) is 16.2. The molecular formula is C25H33NO2. The molecule has 0 spiro atoms. The number of amides is 1. The Labute approximate surface area is 169 Å². The molecule has 1 atom stereocenters. The molecule has 1 heterocycles. The molecule has 1 aliphatic rings. The van der Waals surface area contributed by atoms with Gasteiger partial charge in [0.05, 0.1) is 0 Å². The molecule has 0 aromatic heterocycles. The van der Waals surface area contributed by atoms with E-state index in [1.807, 2.05) is 17.9 Å². The van der Waals surface area contributed by atoms with E-state index in [0.717, 1.165) is 49.2 Å². The fraction of sp³-hybridized carbons (Fsp3) is 0.480. The van der Waals surface area contributed by atoms with Gasteiger partial charge in [-0.05, 0) is 67.7 Å². The van der Waals surface area contributed by atoms with Gasteiger partial charge in [0.15, 0.2) is 6.10 Å². The third-order valence-electron chi connectivity index (χ3n) is 5.74. The Morgan fingerprint density at radius 2 is 1.75 bits per heavy atom. The van der Waals surface area contributed by atoms with Crippen LogP contribution in [0.15, 0.2) is 48.5 Å². The van der Waals surface area contributed by atoms with Gasteiger partial charge in [-0.2, -0.15) is 0 Å². The van der Waals surface area contributed by atoms with Crippen LogP contribution in [0.4, 0.5) is 0 Å². The van der Waals surface area contributed by atoms with Gasteiger partial charge in [0.25, 0.3) is 5.91 Å². The Kier molecular flexibility index (Phi) is 6.77. The van der Waals surface area contributed by atoms with Crippen LogP contribution >= 0.6 is 0 Å². The first-order valence-electron chi connectivity index (χ1n) is 10.5. The number of aryl methyl sites for hydroxylation is 1. The Morgan fingerprint density at radius 3 is 2.39 bits per heavy atom. The van der Waals surface area contributed by atoms with Crippen LogP contribution in [0.2, 0.25) is 0 Å². The maximum Gasteiger partial charge on any atom is 0.263 e. The molecule has 3 heteroatoms. The lowest BCUT2D eigenvalue weighted by Gasteiger charge is -2.34. The molecule has 0 N–H and O–H groups in total. The second-order valence-corrected chi connectivity index (χ2v) is 8.41. The first-order chi connectivity index (χ1) is 13.4. The molecule has 2 aromatic carbocycles. The Morgan fingerprint density at radius 1 is 1.07 bits per heavy atom. The summed E-state index contributed by atoms with van der Waals surface area (Å²) >= 11 is 0. The van der Waals surface area contributed by atoms with Crippen molar-refractivity contribution in [2.75, 3.05) is 13.1 Å². The monoisotopic (exact) mass is 379 g/mol. The van der Waals surface area contributed by atoms with Gasteiger partial charge in [0.2, 0.25) is 0 Å². The summed E-state index contributed by atoms with van der Waals surface area (Å²) in [6.45, 7) is 9.90. The molecule has 150 valence electrons. The van der Waals surface area contributed by atoms with Crippen molar-refractivity contribution in [3.05, 3.63) is 65.2 Å². The lowest BCUT2D eigenvalue weighted by atomic mass is 9.90. The van der Waals surface area contributed by atoms with Crippen LogP contribution < -0.4 is 4.74 Å². The highest BCUT2D eigenvalue weighted by atomic mass is 16.5. The standard InChI is InChI=1S/C25H33NO2/c1-18(2)23-11-10-19(3)16-24(23)28-20(4)25(27)26-14-12-22(13-15-26)17-21-8-6-5-7-9-21/h5-11,16,18,20,22H,12-15,17H2,1-4H3. The van der Waals surface area contributed by atoms with Gasteiger partial charge in [-0.3, -0.25) is 4.79 Å². The lowest BCUT2D eigenvalue weighted by Crippen LogP contribution is -2.45. The van der Waals surface area contributed by atoms with Gasteiger partial charge in [0.1, 0.15) is 5.75 Å². The minimum atomic E-state index is -0.454. The Hall–Kier alpha value is -2.29. The Balaban J connectivity index is 1.56. The molecule has 0 aliphatic carbocycles. The van der Waals surface area contributed by atoms with E-state index in [9.17, 15) is 4.79 Å². The number of piperidine rings is 1. The minimum Gasteiger partial charge on any atom is -0.481 e. The molecule has 1 fully saturated rings. The SMILES string of the molecule is Cc1ccc(C(C)C)c(OC(C)C(=O)N2CCC(Cc3ccccc3)CC2)c1. The summed E-state index contributed by atoms with van der Waals surface area (Å²) in [6.07, 6.45) is 2.78. The second-order valence-electron chi connectivity index (χ2n) is 8.41. The third-order valence-corrected chi connectivity index (χ3v) is 5.74. The zero-order chi connectivity index (χ0) is 20.1. The highest BCUT2D eigenvalue weighted by molar-refractivity contribution is 5.81. The molecule has 1 unspecified atom stereocenters. The number of likely N-dealkylation sites (tertiary alicyclic amines) is 1. The topological polar surface area (TPSA) is 29.5 Å². The van der Waals surface area contributed by atoms with E-state index in [1.54, 1.807) is 0 Å². The average molecular weight is 380 g/mol. The van der Waals surface area contributed by atoms with Crippen molar-refractivity contribution in [1.29, 1.82) is 0 Å². The average Bonchev–Trinajstić information content (AvgIpc) is 2.68. The van der Waals surface area contributed by atoms with E-state index < -0.39 is 6.10 Å². The van der Waals surface area contributed by atoms with Crippen molar-refractivity contribution in [3.63, 3.8) is 0 Å². The highest BCUT2D eigenvalue weighted by Gasteiger charge is 2.27. The van der Waals surface area contributed by atoms with Gasteiger partial charge in [-0.25, -0.2) is 0 Å². The molecule has 1 aliphatic heterocycles. The van der Waals surface area contributed by atoms with Crippen LogP contribution in [0, 0.1) is 12.8 Å². The number of hydrogen-bond acceptors (Lipinski definition) is 2. The largest absolute Gasteiger partial charge is 0.481 e. The molecular weight excluding hydrogens is 346 g/mol. The van der Waals surface area contributed by atoms with E-state index >= 15 is 0 Å². The van der Waals surface area contributed by atoms with Gasteiger partial charge >= 0.3 is 0 Å². The zero-order valence-corrected chi connectivity index (χ0v) is 17.7. The summed E-state index contributed by atoms with van der Waals surface area (Å²) in [5, 5.41) is 0. The van der Waals surface area contributed by atoms with Crippen LogP contribution in [0.1, 0.15) is 56.2 Å². The first-order valence-corrected chi connectivity index (χ1v) is 10.5. The predicted octanol–water partition coefficient (Wildman–Crippen LogP) is 5.37. The summed E-state index contributed by atoms with van der Waals surface area (Å²) in [5.41, 5.74) is 3.71. The van der Waals surface area contributed by atoms with E-state index in [2.05, 4.69) is 63.2 Å². The number of ether oxygens (including phenoxy) is 1. The molecule has 0 radical (unpaired) electrons. The Bertz CT molecular complexity index is 776. The predicted molar refractivity (Wildman–Crippen MR) is 115 cm³/mol. The van der Waals surface area contributed by atoms with Gasteiger partial charge in [-0.1, -0.05) is 56.3 Å². The number of benzene rings is 2. The maximum absolute atomic E-state index is 12.9. The van der Waals surface area contributed by atoms with Crippen molar-refractivity contribution < 1.29 is 9.53 Å². The fourth-order valence-electron chi connectivity index (χ4n) is 4.02. The van der Waals surface area contributed by atoms with E-state index in [4.69, 9.17) is 4.74 Å². The molecule has 0 saturated carbocycles. The summed E-state index contributed by atoms with van der Waals surface area (Å²) in [7, 11) is 0. The van der Waals surface area contributed by atoms with Crippen LogP contribution in [0.5, 0.6) is 5.75 Å². The molecule has 2 aromatic rings. The fourth-order valence-corrected chi connectivity index (χ4v) is 4.02. The van der Waals surface area contributed by atoms with E-state index in [1.165, 1.54) is 5.56 Å². The van der Waals surface area contributed by atoms with Crippen LogP contribution in [0.3, 0.4) is 0 Å². The first kappa shape index (κ1) is 20.4. The molecule has 3 nitrogen and oxygen atoms in total. The number of carbonyl (C=O) groups is 1. The van der Waals surface area contributed by atoms with Crippen molar-refractivity contribution in [3.8, 4) is 5.75 Å². The van der Waals surface area contributed by atoms with E-state index in [-0.39, 0.29) is 5.91 Å². The maximum atomic E-state index is 12.9. The van der Waals surface area contributed by atoms with Crippen molar-refractivity contribution in [2.24, 2.45) is 5.92 Å². The smallest absolute Gasteiger partial charge is 0.263 e. The summed E-state index contributed by atoms with van der Waals surface area (Å²) in [5.74, 6) is 1.97. The molecule has 28 heavy (non-hydrogen) atoms. The second kappa shape index (κ2) is 9.27.